The van der Waals surface area contributed by atoms with E-state index in [2.05, 4.69) is 10.4 Å². The lowest BCUT2D eigenvalue weighted by atomic mass is 10.0. The monoisotopic (exact) mass is 386 g/mol. The molecule has 0 saturated carbocycles. The lowest BCUT2D eigenvalue weighted by Crippen LogP contribution is -2.52. The number of carbonyl (C=O) groups excluding carboxylic acids is 3. The Labute approximate surface area is 166 Å². The number of benzene rings is 2. The number of nitrogens with zero attached hydrogens (tertiary/aromatic N) is 3. The van der Waals surface area contributed by atoms with Crippen LogP contribution >= 0.6 is 0 Å². The van der Waals surface area contributed by atoms with E-state index < -0.39 is 11.9 Å². The molecular weight excluding hydrogens is 368 g/mol. The minimum absolute atomic E-state index is 0.169. The van der Waals surface area contributed by atoms with Crippen LogP contribution in [-0.4, -0.2) is 38.4 Å². The van der Waals surface area contributed by atoms with Crippen LogP contribution in [0.15, 0.2) is 60.8 Å². The maximum Gasteiger partial charge on any atom is 0.255 e. The van der Waals surface area contributed by atoms with E-state index in [-0.39, 0.29) is 18.2 Å². The van der Waals surface area contributed by atoms with Gasteiger partial charge in [-0.15, -0.1) is 0 Å². The summed E-state index contributed by atoms with van der Waals surface area (Å²) in [6.07, 6.45) is 2.35. The molecular formula is C22H18N4O3. The normalized spacial score (nSPS) is 18.7. The molecule has 3 heterocycles. The summed E-state index contributed by atoms with van der Waals surface area (Å²) in [5, 5.41) is 6.76. The molecule has 2 aliphatic rings. The topological polar surface area (TPSA) is 84.3 Å². The molecule has 1 atom stereocenters. The molecule has 0 radical (unpaired) electrons. The third-order valence-corrected chi connectivity index (χ3v) is 5.46. The minimum Gasteiger partial charge on any atom is -0.322 e. The molecule has 2 aromatic carbocycles. The minimum atomic E-state index is -0.606. The maximum atomic E-state index is 12.9. The predicted molar refractivity (Wildman–Crippen MR) is 105 cm³/mol. The fourth-order valence-electron chi connectivity index (χ4n) is 4.03. The zero-order valence-corrected chi connectivity index (χ0v) is 15.5. The molecule has 3 amide bonds. The van der Waals surface area contributed by atoms with Gasteiger partial charge >= 0.3 is 0 Å². The maximum absolute atomic E-state index is 12.9. The van der Waals surface area contributed by atoms with E-state index in [1.807, 2.05) is 53.2 Å². The number of imide groups is 1. The van der Waals surface area contributed by atoms with Gasteiger partial charge in [-0.3, -0.25) is 19.7 Å². The van der Waals surface area contributed by atoms with Gasteiger partial charge in [-0.05, 0) is 42.3 Å². The van der Waals surface area contributed by atoms with Gasteiger partial charge in [0.25, 0.3) is 5.91 Å². The van der Waals surface area contributed by atoms with Crippen molar-refractivity contribution in [1.29, 1.82) is 0 Å². The number of nitrogens with one attached hydrogen (secondary N) is 1. The summed E-state index contributed by atoms with van der Waals surface area (Å²) in [6.45, 7) is 0.355. The quantitative estimate of drug-likeness (QED) is 0.700. The third kappa shape index (κ3) is 2.91. The molecule has 2 aliphatic heterocycles. The molecule has 7 nitrogen and oxygen atoms in total. The summed E-state index contributed by atoms with van der Waals surface area (Å²) in [4.78, 5) is 38.0. The largest absolute Gasteiger partial charge is 0.322 e. The van der Waals surface area contributed by atoms with E-state index >= 15 is 0 Å². The average Bonchev–Trinajstić information content (AvgIpc) is 3.34. The highest BCUT2D eigenvalue weighted by molar-refractivity contribution is 6.05. The molecule has 7 heteroatoms. The number of hydrogen-bond donors (Lipinski definition) is 1. The van der Waals surface area contributed by atoms with E-state index in [9.17, 15) is 14.4 Å². The van der Waals surface area contributed by atoms with Crippen molar-refractivity contribution < 1.29 is 14.4 Å². The Balaban J connectivity index is 1.47. The summed E-state index contributed by atoms with van der Waals surface area (Å²) in [7, 11) is 0. The van der Waals surface area contributed by atoms with Crippen LogP contribution in [0.25, 0.3) is 16.9 Å². The first-order chi connectivity index (χ1) is 14.1. The molecule has 1 N–H and O–H groups in total. The van der Waals surface area contributed by atoms with Crippen molar-refractivity contribution in [2.24, 2.45) is 0 Å². The highest BCUT2D eigenvalue weighted by Crippen LogP contribution is 2.31. The van der Waals surface area contributed by atoms with Gasteiger partial charge in [0.2, 0.25) is 11.8 Å². The van der Waals surface area contributed by atoms with Crippen LogP contribution in [0, 0.1) is 0 Å². The Morgan fingerprint density at radius 3 is 2.62 bits per heavy atom. The Kier molecular flexibility index (Phi) is 4.01. The number of para-hydroxylation sites is 1. The van der Waals surface area contributed by atoms with Crippen molar-refractivity contribution in [2.45, 2.75) is 25.4 Å². The molecule has 0 spiro atoms. The van der Waals surface area contributed by atoms with Gasteiger partial charge in [0.15, 0.2) is 0 Å². The van der Waals surface area contributed by atoms with Crippen LogP contribution in [0.1, 0.15) is 28.8 Å². The second-order valence-corrected chi connectivity index (χ2v) is 7.24. The van der Waals surface area contributed by atoms with Crippen LogP contribution in [0.3, 0.4) is 0 Å². The fourth-order valence-corrected chi connectivity index (χ4v) is 4.03. The zero-order chi connectivity index (χ0) is 20.0. The van der Waals surface area contributed by atoms with E-state index in [0.717, 1.165) is 22.5 Å². The Hall–Kier alpha value is -3.74. The number of aromatic nitrogens is 2. The first kappa shape index (κ1) is 17.4. The highest BCUT2D eigenvalue weighted by Gasteiger charge is 2.39. The van der Waals surface area contributed by atoms with Crippen LogP contribution < -0.4 is 5.32 Å². The number of rotatable bonds is 3. The second-order valence-electron chi connectivity index (χ2n) is 7.24. The smallest absolute Gasteiger partial charge is 0.255 e. The van der Waals surface area contributed by atoms with Crippen LogP contribution in [0.4, 0.5) is 0 Å². The van der Waals surface area contributed by atoms with Gasteiger partial charge in [-0.1, -0.05) is 24.3 Å². The van der Waals surface area contributed by atoms with Gasteiger partial charge < -0.3 is 4.90 Å². The molecule has 1 aromatic heterocycles. The molecule has 0 bridgehead atoms. The molecule has 144 valence electrons. The standard InChI is InChI=1S/C22H18N4O3/c27-20-9-8-19(21(28)24-20)25-13-15-12-14(6-7-17(15)22(25)29)18-10-11-23-26(18)16-4-2-1-3-5-16/h1-7,10-12,19H,8-9,13H2,(H,24,27,28). The molecule has 0 aliphatic carbocycles. The molecule has 3 aromatic rings. The third-order valence-electron chi connectivity index (χ3n) is 5.46. The van der Waals surface area contributed by atoms with Gasteiger partial charge in [-0.2, -0.15) is 5.10 Å². The van der Waals surface area contributed by atoms with E-state index in [1.54, 1.807) is 17.2 Å². The lowest BCUT2D eigenvalue weighted by Gasteiger charge is -2.29. The fraction of sp³-hybridized carbons (Fsp3) is 0.182. The Morgan fingerprint density at radius 1 is 1.00 bits per heavy atom. The SMILES string of the molecule is O=C1CCC(N2Cc3cc(-c4ccnn4-c4ccccc4)ccc3C2=O)C(=O)N1. The highest BCUT2D eigenvalue weighted by atomic mass is 16.2. The van der Waals surface area contributed by atoms with Crippen molar-refractivity contribution in [3.63, 3.8) is 0 Å². The van der Waals surface area contributed by atoms with Crippen LogP contribution in [-0.2, 0) is 16.1 Å². The summed E-state index contributed by atoms with van der Waals surface area (Å²) in [5.74, 6) is -0.853. The number of hydrogen-bond acceptors (Lipinski definition) is 4. The van der Waals surface area contributed by atoms with Gasteiger partial charge in [-0.25, -0.2) is 4.68 Å². The lowest BCUT2D eigenvalue weighted by molar-refractivity contribution is -0.136. The molecule has 29 heavy (non-hydrogen) atoms. The summed E-state index contributed by atoms with van der Waals surface area (Å²) in [5.41, 5.74) is 4.30. The molecule has 5 rings (SSSR count). The van der Waals surface area contributed by atoms with E-state index in [0.29, 0.717) is 18.5 Å². The van der Waals surface area contributed by atoms with E-state index in [4.69, 9.17) is 0 Å². The van der Waals surface area contributed by atoms with Gasteiger partial charge in [0.05, 0.1) is 17.6 Å². The summed E-state index contributed by atoms with van der Waals surface area (Å²) in [6, 6.07) is 16.9. The van der Waals surface area contributed by atoms with Gasteiger partial charge in [0.1, 0.15) is 6.04 Å². The van der Waals surface area contributed by atoms with Crippen molar-refractivity contribution >= 4 is 17.7 Å². The van der Waals surface area contributed by atoms with Gasteiger partial charge in [0, 0.05) is 24.1 Å². The van der Waals surface area contributed by atoms with Crippen molar-refractivity contribution in [3.05, 3.63) is 71.9 Å². The van der Waals surface area contributed by atoms with E-state index in [1.165, 1.54) is 0 Å². The first-order valence-corrected chi connectivity index (χ1v) is 9.49. The van der Waals surface area contributed by atoms with Crippen molar-refractivity contribution in [1.82, 2.24) is 20.0 Å². The number of fused-ring (bicyclic) bond motifs is 1. The second kappa shape index (κ2) is 6.70. The predicted octanol–water partition coefficient (Wildman–Crippen LogP) is 2.30. The Morgan fingerprint density at radius 2 is 1.83 bits per heavy atom. The number of carbonyl (C=O) groups is 3. The number of amides is 3. The van der Waals surface area contributed by atoms with Crippen molar-refractivity contribution in [3.8, 4) is 16.9 Å². The van der Waals surface area contributed by atoms with Crippen LogP contribution in [0.2, 0.25) is 0 Å². The molecule has 1 saturated heterocycles. The summed E-state index contributed by atoms with van der Waals surface area (Å²) < 4.78 is 1.86. The zero-order valence-electron chi connectivity index (χ0n) is 15.5. The molecule has 1 fully saturated rings. The summed E-state index contributed by atoms with van der Waals surface area (Å²) >= 11 is 0. The Bertz CT molecular complexity index is 1140. The van der Waals surface area contributed by atoms with Crippen molar-refractivity contribution in [2.75, 3.05) is 0 Å². The van der Waals surface area contributed by atoms with Crippen LogP contribution in [0.5, 0.6) is 0 Å². The first-order valence-electron chi connectivity index (χ1n) is 9.49. The average molecular weight is 386 g/mol. The number of piperidine rings is 1. The molecule has 1 unspecified atom stereocenters.